The molecule has 1 atom stereocenters. The van der Waals surface area contributed by atoms with Gasteiger partial charge in [0.05, 0.1) is 6.04 Å². The summed E-state index contributed by atoms with van der Waals surface area (Å²) < 4.78 is 5.06. The van der Waals surface area contributed by atoms with Gasteiger partial charge in [0, 0.05) is 6.08 Å². The van der Waals surface area contributed by atoms with Crippen LogP contribution < -0.4 is 5.32 Å². The van der Waals surface area contributed by atoms with Gasteiger partial charge in [0.1, 0.15) is 0 Å². The van der Waals surface area contributed by atoms with Crippen LogP contribution >= 0.6 is 0 Å². The number of aryl methyl sites for hydroxylation is 2. The van der Waals surface area contributed by atoms with Crippen molar-refractivity contribution in [3.63, 3.8) is 0 Å². The van der Waals surface area contributed by atoms with Crippen LogP contribution in [-0.2, 0) is 20.7 Å². The van der Waals surface area contributed by atoms with Crippen molar-refractivity contribution in [3.8, 4) is 0 Å². The molecule has 2 aromatic carbocycles. The van der Waals surface area contributed by atoms with E-state index in [4.69, 9.17) is 4.74 Å². The molecule has 4 heteroatoms. The minimum Gasteiger partial charge on any atom is -0.452 e. The first kappa shape index (κ1) is 17.9. The molecule has 0 bridgehead atoms. The van der Waals surface area contributed by atoms with Gasteiger partial charge in [0.15, 0.2) is 6.61 Å². The number of rotatable bonds is 5. The van der Waals surface area contributed by atoms with Gasteiger partial charge in [-0.3, -0.25) is 4.79 Å². The van der Waals surface area contributed by atoms with Crippen LogP contribution in [0.4, 0.5) is 0 Å². The lowest BCUT2D eigenvalue weighted by Crippen LogP contribution is -2.34. The lowest BCUT2D eigenvalue weighted by molar-refractivity contribution is -0.144. The highest BCUT2D eigenvalue weighted by molar-refractivity contribution is 5.89. The second kappa shape index (κ2) is 8.48. The predicted molar refractivity (Wildman–Crippen MR) is 101 cm³/mol. The summed E-state index contributed by atoms with van der Waals surface area (Å²) in [5.74, 6) is -0.795. The van der Waals surface area contributed by atoms with Crippen LogP contribution in [0.5, 0.6) is 0 Å². The Morgan fingerprint density at radius 1 is 1.15 bits per heavy atom. The summed E-state index contributed by atoms with van der Waals surface area (Å²) in [4.78, 5) is 24.0. The Hall–Kier alpha value is -2.88. The van der Waals surface area contributed by atoms with E-state index in [0.717, 1.165) is 36.0 Å². The average molecular weight is 349 g/mol. The zero-order chi connectivity index (χ0) is 18.4. The maximum Gasteiger partial charge on any atom is 0.331 e. The summed E-state index contributed by atoms with van der Waals surface area (Å²) in [6.45, 7) is 1.70. The topological polar surface area (TPSA) is 55.4 Å². The number of amides is 1. The van der Waals surface area contributed by atoms with Crippen molar-refractivity contribution in [1.82, 2.24) is 5.32 Å². The molecule has 26 heavy (non-hydrogen) atoms. The molecule has 1 aliphatic carbocycles. The van der Waals surface area contributed by atoms with E-state index in [1.807, 2.05) is 43.3 Å². The van der Waals surface area contributed by atoms with Crippen molar-refractivity contribution in [3.05, 3.63) is 76.9 Å². The Balaban J connectivity index is 1.50. The first-order valence-corrected chi connectivity index (χ1v) is 8.91. The average Bonchev–Trinajstić information content (AvgIpc) is 2.66. The fraction of sp³-hybridized carbons (Fsp3) is 0.273. The molecule has 0 aromatic heterocycles. The molecule has 0 radical (unpaired) electrons. The second-order valence-electron chi connectivity index (χ2n) is 6.51. The van der Waals surface area contributed by atoms with Crippen LogP contribution in [0.1, 0.15) is 41.1 Å². The highest BCUT2D eigenvalue weighted by Gasteiger charge is 2.21. The van der Waals surface area contributed by atoms with Gasteiger partial charge >= 0.3 is 5.97 Å². The van der Waals surface area contributed by atoms with Gasteiger partial charge in [-0.25, -0.2) is 4.79 Å². The van der Waals surface area contributed by atoms with Gasteiger partial charge in [-0.1, -0.05) is 48.5 Å². The van der Waals surface area contributed by atoms with Crippen molar-refractivity contribution in [2.45, 2.75) is 32.2 Å². The Morgan fingerprint density at radius 2 is 1.92 bits per heavy atom. The van der Waals surface area contributed by atoms with Gasteiger partial charge in [-0.2, -0.15) is 0 Å². The minimum atomic E-state index is -0.521. The number of carbonyl (C=O) groups excluding carboxylic acids is 2. The van der Waals surface area contributed by atoms with E-state index in [1.54, 1.807) is 6.08 Å². The van der Waals surface area contributed by atoms with Crippen LogP contribution in [0.15, 0.2) is 54.6 Å². The number of benzene rings is 2. The third-order valence-corrected chi connectivity index (χ3v) is 4.64. The summed E-state index contributed by atoms with van der Waals surface area (Å²) >= 11 is 0. The normalized spacial score (nSPS) is 16.1. The third kappa shape index (κ3) is 4.60. The standard InChI is InChI=1S/C22H23NO3/c1-16-7-2-3-8-17(16)13-14-22(25)26-15-21(24)23-20-12-6-10-18-9-4-5-11-19(18)20/h2-5,7-9,11,13-14,20H,6,10,12,15H2,1H3,(H,23,24)/b14-13+/t20-/m0/s1. The van der Waals surface area contributed by atoms with Crippen molar-refractivity contribution >= 4 is 18.0 Å². The summed E-state index contributed by atoms with van der Waals surface area (Å²) in [5, 5.41) is 2.97. The SMILES string of the molecule is Cc1ccccc1/C=C/C(=O)OCC(=O)N[C@H]1CCCc2ccccc21. The molecule has 0 saturated heterocycles. The molecule has 0 aliphatic heterocycles. The molecular formula is C22H23NO3. The predicted octanol–water partition coefficient (Wildman–Crippen LogP) is 3.75. The first-order valence-electron chi connectivity index (χ1n) is 8.91. The zero-order valence-corrected chi connectivity index (χ0v) is 14.9. The molecule has 3 rings (SSSR count). The molecular weight excluding hydrogens is 326 g/mol. The molecule has 1 amide bonds. The van der Waals surface area contributed by atoms with Gasteiger partial charge in [0.25, 0.3) is 5.91 Å². The van der Waals surface area contributed by atoms with Crippen molar-refractivity contribution in [1.29, 1.82) is 0 Å². The summed E-state index contributed by atoms with van der Waals surface area (Å²) in [5.41, 5.74) is 4.47. The molecule has 2 aromatic rings. The maximum absolute atomic E-state index is 12.1. The van der Waals surface area contributed by atoms with E-state index in [2.05, 4.69) is 17.4 Å². The van der Waals surface area contributed by atoms with E-state index < -0.39 is 5.97 Å². The smallest absolute Gasteiger partial charge is 0.331 e. The zero-order valence-electron chi connectivity index (χ0n) is 14.9. The second-order valence-corrected chi connectivity index (χ2v) is 6.51. The molecule has 0 fully saturated rings. The van der Waals surface area contributed by atoms with Crippen LogP contribution in [0.3, 0.4) is 0 Å². The van der Waals surface area contributed by atoms with E-state index in [9.17, 15) is 9.59 Å². The Labute approximate surface area is 153 Å². The number of esters is 1. The monoisotopic (exact) mass is 349 g/mol. The van der Waals surface area contributed by atoms with Gasteiger partial charge < -0.3 is 10.1 Å². The van der Waals surface area contributed by atoms with Crippen molar-refractivity contribution in [2.24, 2.45) is 0 Å². The molecule has 1 aliphatic rings. The van der Waals surface area contributed by atoms with Crippen LogP contribution in [-0.4, -0.2) is 18.5 Å². The Kier molecular flexibility index (Phi) is 5.84. The molecule has 0 saturated carbocycles. The fourth-order valence-corrected chi connectivity index (χ4v) is 3.26. The third-order valence-electron chi connectivity index (χ3n) is 4.64. The molecule has 0 heterocycles. The van der Waals surface area contributed by atoms with Gasteiger partial charge in [-0.05, 0) is 54.5 Å². The summed E-state index contributed by atoms with van der Waals surface area (Å²) in [6.07, 6.45) is 6.05. The lowest BCUT2D eigenvalue weighted by Gasteiger charge is -2.26. The van der Waals surface area contributed by atoms with Crippen LogP contribution in [0.25, 0.3) is 6.08 Å². The quantitative estimate of drug-likeness (QED) is 0.661. The Bertz CT molecular complexity index is 826. The largest absolute Gasteiger partial charge is 0.452 e. The van der Waals surface area contributed by atoms with Crippen LogP contribution in [0.2, 0.25) is 0 Å². The van der Waals surface area contributed by atoms with Gasteiger partial charge in [-0.15, -0.1) is 0 Å². The van der Waals surface area contributed by atoms with Crippen molar-refractivity contribution < 1.29 is 14.3 Å². The van der Waals surface area contributed by atoms with E-state index in [0.29, 0.717) is 0 Å². The number of nitrogens with one attached hydrogen (secondary N) is 1. The maximum atomic E-state index is 12.1. The highest BCUT2D eigenvalue weighted by Crippen LogP contribution is 2.29. The molecule has 0 spiro atoms. The van der Waals surface area contributed by atoms with E-state index in [1.165, 1.54) is 11.6 Å². The number of fused-ring (bicyclic) bond motifs is 1. The van der Waals surface area contributed by atoms with Crippen molar-refractivity contribution in [2.75, 3.05) is 6.61 Å². The van der Waals surface area contributed by atoms with Crippen LogP contribution in [0, 0.1) is 6.92 Å². The highest BCUT2D eigenvalue weighted by atomic mass is 16.5. The fourth-order valence-electron chi connectivity index (χ4n) is 3.26. The van der Waals surface area contributed by atoms with Gasteiger partial charge in [0.2, 0.25) is 0 Å². The number of carbonyl (C=O) groups is 2. The molecule has 134 valence electrons. The summed E-state index contributed by atoms with van der Waals surface area (Å²) in [7, 11) is 0. The van der Waals surface area contributed by atoms with E-state index >= 15 is 0 Å². The molecule has 1 N–H and O–H groups in total. The lowest BCUT2D eigenvalue weighted by atomic mass is 9.88. The van der Waals surface area contributed by atoms with E-state index in [-0.39, 0.29) is 18.6 Å². The minimum absolute atomic E-state index is 0.00587. The molecule has 0 unspecified atom stereocenters. The number of hydrogen-bond acceptors (Lipinski definition) is 3. The number of ether oxygens (including phenoxy) is 1. The number of hydrogen-bond donors (Lipinski definition) is 1. The summed E-state index contributed by atoms with van der Waals surface area (Å²) in [6, 6.07) is 15.9. The Morgan fingerprint density at radius 3 is 2.77 bits per heavy atom. The molecule has 4 nitrogen and oxygen atoms in total. The first-order chi connectivity index (χ1) is 12.6.